The molecule has 28 heavy (non-hydrogen) atoms. The van der Waals surface area contributed by atoms with Crippen LogP contribution < -0.4 is 0 Å². The third-order valence-corrected chi connectivity index (χ3v) is 3.74. The van der Waals surface area contributed by atoms with Crippen LogP contribution in [0.3, 0.4) is 0 Å². The van der Waals surface area contributed by atoms with Crippen molar-refractivity contribution in [3.8, 4) is 0 Å². The summed E-state index contributed by atoms with van der Waals surface area (Å²) in [5.41, 5.74) is 6.05. The Morgan fingerprint density at radius 1 is 0.571 bits per heavy atom. The number of benzene rings is 3. The normalized spacial score (nSPS) is 8.93. The highest BCUT2D eigenvalue weighted by atomic mass is 16.1. The van der Waals surface area contributed by atoms with Gasteiger partial charge in [0.25, 0.3) is 0 Å². The van der Waals surface area contributed by atoms with Crippen LogP contribution >= 0.6 is 0 Å². The van der Waals surface area contributed by atoms with Crippen molar-refractivity contribution in [2.45, 2.75) is 13.8 Å². The average Bonchev–Trinajstić information content (AvgIpc) is 2.75. The highest BCUT2D eigenvalue weighted by Crippen LogP contribution is 2.16. The van der Waals surface area contributed by atoms with Crippen molar-refractivity contribution < 1.29 is 9.59 Å². The number of hydrogen-bond donors (Lipinski definition) is 0. The van der Waals surface area contributed by atoms with E-state index in [1.54, 1.807) is 24.3 Å². The summed E-state index contributed by atoms with van der Waals surface area (Å²) in [5, 5.41) is 0. The summed E-state index contributed by atoms with van der Waals surface area (Å²) in [6.07, 6.45) is 1.67. The van der Waals surface area contributed by atoms with Crippen LogP contribution in [-0.4, -0.2) is 12.6 Å². The van der Waals surface area contributed by atoms with Crippen molar-refractivity contribution in [2.75, 3.05) is 0 Å². The quantitative estimate of drug-likeness (QED) is 0.476. The van der Waals surface area contributed by atoms with E-state index in [0.717, 1.165) is 34.8 Å². The number of aldehydes is 2. The van der Waals surface area contributed by atoms with E-state index >= 15 is 0 Å². The molecular formula is C26H26O2. The van der Waals surface area contributed by atoms with Crippen molar-refractivity contribution in [3.05, 3.63) is 120 Å². The summed E-state index contributed by atoms with van der Waals surface area (Å²) in [7, 11) is 0. The van der Waals surface area contributed by atoms with Gasteiger partial charge < -0.3 is 0 Å². The lowest BCUT2D eigenvalue weighted by Gasteiger charge is -2.02. The maximum absolute atomic E-state index is 10.0. The van der Waals surface area contributed by atoms with Crippen LogP contribution in [0.4, 0.5) is 0 Å². The Morgan fingerprint density at radius 2 is 0.857 bits per heavy atom. The standard InChI is InChI=1S/C12H14.2C7H6O/c1-9(2)11-5-7-12(8-6-11)10(3)4;2*8-6-7-4-2-1-3-5-7/h5-8H,1,3H2,2,4H3;2*1-6H. The Morgan fingerprint density at radius 3 is 1.04 bits per heavy atom. The zero-order valence-electron chi connectivity index (χ0n) is 16.5. The maximum atomic E-state index is 10.0. The van der Waals surface area contributed by atoms with Gasteiger partial charge in [-0.05, 0) is 25.0 Å². The van der Waals surface area contributed by atoms with Crippen molar-refractivity contribution in [1.29, 1.82) is 0 Å². The molecule has 2 nitrogen and oxygen atoms in total. The molecule has 0 aliphatic heterocycles. The zero-order valence-corrected chi connectivity index (χ0v) is 16.5. The molecule has 2 heteroatoms. The third kappa shape index (κ3) is 8.72. The van der Waals surface area contributed by atoms with Gasteiger partial charge in [-0.3, -0.25) is 9.59 Å². The van der Waals surface area contributed by atoms with Gasteiger partial charge in [0.1, 0.15) is 12.6 Å². The van der Waals surface area contributed by atoms with Crippen LogP contribution in [-0.2, 0) is 0 Å². The molecule has 0 atom stereocenters. The van der Waals surface area contributed by atoms with Gasteiger partial charge in [-0.1, -0.05) is 109 Å². The Labute approximate surface area is 167 Å². The van der Waals surface area contributed by atoms with Gasteiger partial charge in [0, 0.05) is 11.1 Å². The van der Waals surface area contributed by atoms with Gasteiger partial charge in [0.2, 0.25) is 0 Å². The zero-order chi connectivity index (χ0) is 20.8. The molecule has 0 amide bonds. The molecule has 3 aromatic rings. The maximum Gasteiger partial charge on any atom is 0.150 e. The lowest BCUT2D eigenvalue weighted by molar-refractivity contribution is 0.111. The summed E-state index contributed by atoms with van der Waals surface area (Å²) in [6, 6.07) is 26.5. The largest absolute Gasteiger partial charge is 0.298 e. The van der Waals surface area contributed by atoms with Crippen LogP contribution in [0.1, 0.15) is 45.7 Å². The first-order valence-electron chi connectivity index (χ1n) is 8.90. The number of carbonyl (C=O) groups excluding carboxylic acids is 2. The summed E-state index contributed by atoms with van der Waals surface area (Å²) < 4.78 is 0. The Balaban J connectivity index is 0.000000217. The minimum absolute atomic E-state index is 0.729. The first-order valence-corrected chi connectivity index (χ1v) is 8.90. The van der Waals surface area contributed by atoms with E-state index in [2.05, 4.69) is 37.4 Å². The minimum atomic E-state index is 0.729. The summed E-state index contributed by atoms with van der Waals surface area (Å²) in [4.78, 5) is 20.0. The summed E-state index contributed by atoms with van der Waals surface area (Å²) >= 11 is 0. The topological polar surface area (TPSA) is 34.1 Å². The Hall–Kier alpha value is -3.52. The highest BCUT2D eigenvalue weighted by molar-refractivity contribution is 5.74. The molecular weight excluding hydrogens is 344 g/mol. The first-order chi connectivity index (χ1) is 13.5. The second-order valence-corrected chi connectivity index (χ2v) is 6.20. The molecule has 3 aromatic carbocycles. The van der Waals surface area contributed by atoms with Crippen LogP contribution in [0.2, 0.25) is 0 Å². The highest BCUT2D eigenvalue weighted by Gasteiger charge is 1.94. The molecule has 0 aliphatic rings. The second kappa shape index (κ2) is 12.8. The minimum Gasteiger partial charge on any atom is -0.298 e. The van der Waals surface area contributed by atoms with Gasteiger partial charge >= 0.3 is 0 Å². The van der Waals surface area contributed by atoms with E-state index in [1.165, 1.54) is 11.1 Å². The number of allylic oxidation sites excluding steroid dienone is 2. The van der Waals surface area contributed by atoms with Crippen LogP contribution in [0, 0.1) is 0 Å². The number of carbonyl (C=O) groups is 2. The molecule has 0 heterocycles. The second-order valence-electron chi connectivity index (χ2n) is 6.20. The fourth-order valence-corrected chi connectivity index (χ4v) is 2.10. The van der Waals surface area contributed by atoms with Crippen molar-refractivity contribution in [2.24, 2.45) is 0 Å². The molecule has 0 spiro atoms. The summed E-state index contributed by atoms with van der Waals surface area (Å²) in [5.74, 6) is 0. The van der Waals surface area contributed by atoms with Crippen molar-refractivity contribution in [3.63, 3.8) is 0 Å². The van der Waals surface area contributed by atoms with E-state index < -0.39 is 0 Å². The monoisotopic (exact) mass is 370 g/mol. The molecule has 0 radical (unpaired) electrons. The van der Waals surface area contributed by atoms with E-state index in [4.69, 9.17) is 0 Å². The van der Waals surface area contributed by atoms with Gasteiger partial charge in [-0.2, -0.15) is 0 Å². The van der Waals surface area contributed by atoms with Crippen molar-refractivity contribution >= 4 is 23.7 Å². The fraction of sp³-hybridized carbons (Fsp3) is 0.0769. The lowest BCUT2D eigenvalue weighted by atomic mass is 10.0. The smallest absolute Gasteiger partial charge is 0.150 e. The SMILES string of the molecule is C=C(C)c1ccc(C(=C)C)cc1.O=Cc1ccccc1.O=Cc1ccccc1. The predicted octanol–water partition coefficient (Wildman–Crippen LogP) is 6.75. The molecule has 0 aliphatic carbocycles. The van der Waals surface area contributed by atoms with Crippen LogP contribution in [0.15, 0.2) is 98.1 Å². The van der Waals surface area contributed by atoms with E-state index in [0.29, 0.717) is 0 Å². The molecule has 0 bridgehead atoms. The molecule has 3 rings (SSSR count). The fourth-order valence-electron chi connectivity index (χ4n) is 2.10. The average molecular weight is 370 g/mol. The van der Waals surface area contributed by atoms with Gasteiger partial charge in [0.05, 0.1) is 0 Å². The molecule has 0 N–H and O–H groups in total. The Bertz CT molecular complexity index is 800. The van der Waals surface area contributed by atoms with Gasteiger partial charge in [-0.25, -0.2) is 0 Å². The van der Waals surface area contributed by atoms with Gasteiger partial charge in [0.15, 0.2) is 0 Å². The van der Waals surface area contributed by atoms with Crippen molar-refractivity contribution in [1.82, 2.24) is 0 Å². The summed E-state index contributed by atoms with van der Waals surface area (Å²) in [6.45, 7) is 11.8. The van der Waals surface area contributed by atoms with E-state index in [1.807, 2.05) is 50.2 Å². The number of rotatable bonds is 4. The lowest BCUT2D eigenvalue weighted by Crippen LogP contribution is -1.80. The molecule has 0 saturated carbocycles. The Kier molecular flexibility index (Phi) is 10.3. The van der Waals surface area contributed by atoms with Crippen LogP contribution in [0.25, 0.3) is 11.1 Å². The first kappa shape index (κ1) is 22.5. The van der Waals surface area contributed by atoms with Gasteiger partial charge in [-0.15, -0.1) is 0 Å². The van der Waals surface area contributed by atoms with Crippen LogP contribution in [0.5, 0.6) is 0 Å². The molecule has 0 aromatic heterocycles. The van der Waals surface area contributed by atoms with E-state index in [-0.39, 0.29) is 0 Å². The molecule has 0 unspecified atom stereocenters. The molecule has 142 valence electrons. The molecule has 0 fully saturated rings. The molecule has 0 saturated heterocycles. The van der Waals surface area contributed by atoms with E-state index in [9.17, 15) is 9.59 Å². The predicted molar refractivity (Wildman–Crippen MR) is 120 cm³/mol. The third-order valence-electron chi connectivity index (χ3n) is 3.74. The number of hydrogen-bond acceptors (Lipinski definition) is 2.